The lowest BCUT2D eigenvalue weighted by Crippen LogP contribution is -2.43. The van der Waals surface area contributed by atoms with Crippen LogP contribution in [0.5, 0.6) is 5.88 Å². The van der Waals surface area contributed by atoms with Crippen molar-refractivity contribution < 1.29 is 14.3 Å². The van der Waals surface area contributed by atoms with Crippen molar-refractivity contribution in [2.24, 2.45) is 0 Å². The molecule has 3 heterocycles. The molecule has 0 unspecified atom stereocenters. The van der Waals surface area contributed by atoms with E-state index in [1.165, 1.54) is 0 Å². The van der Waals surface area contributed by atoms with Crippen LogP contribution in [0.25, 0.3) is 22.2 Å². The Bertz CT molecular complexity index is 1350. The van der Waals surface area contributed by atoms with Gasteiger partial charge >= 0.3 is 0 Å². The minimum atomic E-state index is -0.129. The Labute approximate surface area is 196 Å². The summed E-state index contributed by atoms with van der Waals surface area (Å²) in [5, 5.41) is 15.9. The molecule has 2 amide bonds. The van der Waals surface area contributed by atoms with Crippen LogP contribution in [0.2, 0.25) is 0 Å². The molecule has 1 aromatic carbocycles. The van der Waals surface area contributed by atoms with Crippen molar-refractivity contribution in [3.05, 3.63) is 48.4 Å². The molecule has 0 bridgehead atoms. The van der Waals surface area contributed by atoms with Crippen LogP contribution in [-0.2, 0) is 4.79 Å². The number of aromatic nitrogens is 5. The van der Waals surface area contributed by atoms with Crippen LogP contribution in [0, 0.1) is 0 Å². The zero-order chi connectivity index (χ0) is 23.7. The van der Waals surface area contributed by atoms with Crippen LogP contribution in [0.1, 0.15) is 49.4 Å². The zero-order valence-corrected chi connectivity index (χ0v) is 19.2. The molecular weight excluding hydrogens is 434 g/mol. The van der Waals surface area contributed by atoms with Crippen molar-refractivity contribution in [1.29, 1.82) is 0 Å². The van der Waals surface area contributed by atoms with Gasteiger partial charge in [-0.05, 0) is 49.9 Å². The van der Waals surface area contributed by atoms with Crippen molar-refractivity contribution >= 4 is 28.4 Å². The molecule has 176 valence electrons. The Morgan fingerprint density at radius 3 is 2.65 bits per heavy atom. The molecule has 1 fully saturated rings. The molecule has 1 saturated carbocycles. The molecule has 4 aromatic rings. The number of hydrogen-bond acceptors (Lipinski definition) is 6. The number of nitrogens with zero attached hydrogens (tertiary/aromatic N) is 5. The fourth-order valence-electron chi connectivity index (χ4n) is 4.51. The van der Waals surface area contributed by atoms with Gasteiger partial charge in [-0.15, -0.1) is 0 Å². The van der Waals surface area contributed by atoms with E-state index in [4.69, 9.17) is 4.74 Å². The Morgan fingerprint density at radius 2 is 1.91 bits per heavy atom. The lowest BCUT2D eigenvalue weighted by atomic mass is 9.91. The topological polar surface area (TPSA) is 115 Å². The van der Waals surface area contributed by atoms with Crippen molar-refractivity contribution in [1.82, 2.24) is 35.0 Å². The second kappa shape index (κ2) is 9.12. The molecule has 5 rings (SSSR count). The van der Waals surface area contributed by atoms with E-state index in [9.17, 15) is 9.59 Å². The second-order valence-corrected chi connectivity index (χ2v) is 8.51. The average molecular weight is 462 g/mol. The van der Waals surface area contributed by atoms with Crippen LogP contribution in [0.15, 0.2) is 42.9 Å². The standard InChI is InChI=1S/C24H27N7O3/c1-3-21(32)27-16-6-8-17(9-7-16)28-23(33)15-5-10-19-18(13-15)24(34-2)31(29-19)20-14-26-30-12-4-11-25-22(20)30/h4-5,10-14,16-17H,3,6-9H2,1-2H3,(H,27,32)(H,28,33). The Balaban J connectivity index is 1.35. The van der Waals surface area contributed by atoms with E-state index in [0.29, 0.717) is 34.7 Å². The van der Waals surface area contributed by atoms with Crippen LogP contribution < -0.4 is 15.4 Å². The van der Waals surface area contributed by atoms with Gasteiger partial charge in [0.25, 0.3) is 5.91 Å². The van der Waals surface area contributed by atoms with Crippen LogP contribution in [-0.4, -0.2) is 55.4 Å². The number of ether oxygens (including phenoxy) is 1. The number of rotatable bonds is 6. The first-order valence-corrected chi connectivity index (χ1v) is 11.5. The molecule has 0 atom stereocenters. The normalized spacial score (nSPS) is 18.2. The molecule has 1 aliphatic carbocycles. The third kappa shape index (κ3) is 4.07. The van der Waals surface area contributed by atoms with Gasteiger partial charge < -0.3 is 15.4 Å². The maximum absolute atomic E-state index is 13.0. The third-order valence-corrected chi connectivity index (χ3v) is 6.32. The first-order chi connectivity index (χ1) is 16.6. The van der Waals surface area contributed by atoms with Crippen molar-refractivity contribution in [3.63, 3.8) is 0 Å². The van der Waals surface area contributed by atoms with Gasteiger partial charge in [-0.1, -0.05) is 6.92 Å². The number of carbonyl (C=O) groups is 2. The fraction of sp³-hybridized carbons (Fsp3) is 0.375. The van der Waals surface area contributed by atoms with E-state index >= 15 is 0 Å². The summed E-state index contributed by atoms with van der Waals surface area (Å²) in [5.74, 6) is 0.461. The quantitative estimate of drug-likeness (QED) is 0.456. The smallest absolute Gasteiger partial charge is 0.251 e. The fourth-order valence-corrected chi connectivity index (χ4v) is 4.51. The lowest BCUT2D eigenvalue weighted by Gasteiger charge is -2.29. The second-order valence-electron chi connectivity index (χ2n) is 8.51. The molecule has 0 radical (unpaired) electrons. The molecular formula is C24H27N7O3. The summed E-state index contributed by atoms with van der Waals surface area (Å²) in [6.07, 6.45) is 9.10. The lowest BCUT2D eigenvalue weighted by molar-refractivity contribution is -0.121. The van der Waals surface area contributed by atoms with E-state index in [-0.39, 0.29) is 23.9 Å². The predicted octanol–water partition coefficient (Wildman–Crippen LogP) is 2.64. The SMILES string of the molecule is CCC(=O)NC1CCC(NC(=O)c2ccc3nn(-c4cnn5cccnc45)c(OC)c3c2)CC1. The summed E-state index contributed by atoms with van der Waals surface area (Å²) in [4.78, 5) is 29.0. The van der Waals surface area contributed by atoms with Gasteiger partial charge in [0.1, 0.15) is 5.69 Å². The molecule has 34 heavy (non-hydrogen) atoms. The summed E-state index contributed by atoms with van der Waals surface area (Å²) in [7, 11) is 1.58. The number of amides is 2. The van der Waals surface area contributed by atoms with Crippen LogP contribution in [0.4, 0.5) is 0 Å². The summed E-state index contributed by atoms with van der Waals surface area (Å²) < 4.78 is 9.01. The molecule has 0 saturated heterocycles. The Kier molecular flexibility index (Phi) is 5.87. The van der Waals surface area contributed by atoms with Crippen molar-refractivity contribution in [2.75, 3.05) is 7.11 Å². The number of hydrogen-bond donors (Lipinski definition) is 2. The van der Waals surface area contributed by atoms with E-state index in [0.717, 1.165) is 31.1 Å². The summed E-state index contributed by atoms with van der Waals surface area (Å²) >= 11 is 0. The highest BCUT2D eigenvalue weighted by molar-refractivity contribution is 5.99. The Morgan fingerprint density at radius 1 is 1.15 bits per heavy atom. The highest BCUT2D eigenvalue weighted by Gasteiger charge is 2.24. The van der Waals surface area contributed by atoms with E-state index in [2.05, 4.69) is 25.8 Å². The van der Waals surface area contributed by atoms with Gasteiger partial charge in [-0.2, -0.15) is 14.9 Å². The van der Waals surface area contributed by atoms with Crippen LogP contribution >= 0.6 is 0 Å². The first-order valence-electron chi connectivity index (χ1n) is 11.5. The minimum Gasteiger partial charge on any atom is -0.480 e. The largest absolute Gasteiger partial charge is 0.480 e. The van der Waals surface area contributed by atoms with Gasteiger partial charge in [0, 0.05) is 36.5 Å². The molecule has 10 heteroatoms. The Hall–Kier alpha value is -3.95. The van der Waals surface area contributed by atoms with Crippen molar-refractivity contribution in [3.8, 4) is 11.6 Å². The van der Waals surface area contributed by atoms with Gasteiger partial charge in [0.05, 0.1) is 24.2 Å². The maximum atomic E-state index is 13.0. The van der Waals surface area contributed by atoms with Gasteiger partial charge in [-0.3, -0.25) is 9.59 Å². The number of methoxy groups -OCH3 is 1. The van der Waals surface area contributed by atoms with Gasteiger partial charge in [0.15, 0.2) is 5.65 Å². The highest BCUT2D eigenvalue weighted by Crippen LogP contribution is 2.30. The van der Waals surface area contributed by atoms with E-state index in [1.54, 1.807) is 46.9 Å². The monoisotopic (exact) mass is 461 g/mol. The highest BCUT2D eigenvalue weighted by atomic mass is 16.5. The predicted molar refractivity (Wildman–Crippen MR) is 126 cm³/mol. The molecule has 1 aliphatic rings. The van der Waals surface area contributed by atoms with Crippen LogP contribution in [0.3, 0.4) is 0 Å². The summed E-state index contributed by atoms with van der Waals surface area (Å²) in [5.41, 5.74) is 2.59. The minimum absolute atomic E-state index is 0.0789. The first kappa shape index (κ1) is 21.9. The molecule has 0 spiro atoms. The van der Waals surface area contributed by atoms with E-state index in [1.807, 2.05) is 19.2 Å². The molecule has 10 nitrogen and oxygen atoms in total. The van der Waals surface area contributed by atoms with Crippen molar-refractivity contribution in [2.45, 2.75) is 51.1 Å². The van der Waals surface area contributed by atoms with Gasteiger partial charge in [0.2, 0.25) is 11.8 Å². The number of carbonyl (C=O) groups excluding carboxylic acids is 2. The molecule has 0 aliphatic heterocycles. The van der Waals surface area contributed by atoms with E-state index < -0.39 is 0 Å². The zero-order valence-electron chi connectivity index (χ0n) is 19.2. The molecule has 3 aromatic heterocycles. The third-order valence-electron chi connectivity index (χ3n) is 6.32. The average Bonchev–Trinajstić information content (AvgIpc) is 3.45. The molecule has 2 N–H and O–H groups in total. The number of nitrogens with one attached hydrogen (secondary N) is 2. The summed E-state index contributed by atoms with van der Waals surface area (Å²) in [6.45, 7) is 1.85. The van der Waals surface area contributed by atoms with Gasteiger partial charge in [-0.25, -0.2) is 9.50 Å². The maximum Gasteiger partial charge on any atom is 0.251 e. The number of benzene rings is 1. The number of fused-ring (bicyclic) bond motifs is 2. The summed E-state index contributed by atoms with van der Waals surface area (Å²) in [6, 6.07) is 7.49.